The van der Waals surface area contributed by atoms with E-state index in [2.05, 4.69) is 5.32 Å². The van der Waals surface area contributed by atoms with Gasteiger partial charge in [0.25, 0.3) is 0 Å². The van der Waals surface area contributed by atoms with Crippen LogP contribution in [0.5, 0.6) is 5.75 Å². The van der Waals surface area contributed by atoms with Gasteiger partial charge in [-0.2, -0.15) is 0 Å². The van der Waals surface area contributed by atoms with Gasteiger partial charge in [-0.3, -0.25) is 4.79 Å². The number of carboxylic acids is 1. The van der Waals surface area contributed by atoms with Crippen LogP contribution in [0.1, 0.15) is 37.0 Å². The number of carbonyl (C=O) groups excluding carboxylic acids is 1. The van der Waals surface area contributed by atoms with Crippen LogP contribution in [0.2, 0.25) is 0 Å². The highest BCUT2D eigenvalue weighted by Crippen LogP contribution is 2.36. The quantitative estimate of drug-likeness (QED) is 0.794. The molecule has 2 N–H and O–H groups in total. The number of thiophene rings is 1. The molecule has 1 heterocycles. The Morgan fingerprint density at radius 2 is 1.91 bits per heavy atom. The van der Waals surface area contributed by atoms with Crippen molar-refractivity contribution in [2.45, 2.75) is 26.7 Å². The Morgan fingerprint density at radius 3 is 2.48 bits per heavy atom. The minimum absolute atomic E-state index is 0.128. The minimum Gasteiger partial charge on any atom is -0.494 e. The summed E-state index contributed by atoms with van der Waals surface area (Å²) in [6.07, 6.45) is 1.08. The van der Waals surface area contributed by atoms with Gasteiger partial charge >= 0.3 is 5.97 Å². The van der Waals surface area contributed by atoms with Crippen LogP contribution in [0.3, 0.4) is 0 Å². The molecule has 2 rings (SSSR count). The molecule has 0 unspecified atom stereocenters. The van der Waals surface area contributed by atoms with Crippen molar-refractivity contribution >= 4 is 28.2 Å². The highest BCUT2D eigenvalue weighted by Gasteiger charge is 2.20. The molecule has 1 aromatic heterocycles. The molecule has 0 saturated carbocycles. The average molecular weight is 333 g/mol. The Bertz CT molecular complexity index is 691. The van der Waals surface area contributed by atoms with Crippen LogP contribution in [-0.4, -0.2) is 23.6 Å². The van der Waals surface area contributed by atoms with Crippen molar-refractivity contribution in [2.24, 2.45) is 0 Å². The highest BCUT2D eigenvalue weighted by molar-refractivity contribution is 7.15. The first kappa shape index (κ1) is 17.0. The zero-order chi connectivity index (χ0) is 16.8. The molecular weight excluding hydrogens is 314 g/mol. The number of aromatic carboxylic acids is 1. The van der Waals surface area contributed by atoms with Crippen LogP contribution in [-0.2, 0) is 4.79 Å². The Hall–Kier alpha value is -2.34. The number of rotatable bonds is 7. The lowest BCUT2D eigenvalue weighted by molar-refractivity contribution is -0.116. The summed E-state index contributed by atoms with van der Waals surface area (Å²) in [5, 5.41) is 14.3. The molecule has 122 valence electrons. The molecule has 0 saturated heterocycles. The molecule has 5 nitrogen and oxygen atoms in total. The van der Waals surface area contributed by atoms with Crippen LogP contribution < -0.4 is 10.1 Å². The number of carboxylic acid groups (broad SMARTS) is 1. The second-order valence-corrected chi connectivity index (χ2v) is 5.79. The topological polar surface area (TPSA) is 75.6 Å². The largest absolute Gasteiger partial charge is 0.494 e. The molecule has 2 aromatic rings. The van der Waals surface area contributed by atoms with E-state index < -0.39 is 5.97 Å². The van der Waals surface area contributed by atoms with Gasteiger partial charge in [0.15, 0.2) is 0 Å². The summed E-state index contributed by atoms with van der Waals surface area (Å²) < 4.78 is 5.39. The molecule has 0 bridgehead atoms. The smallest absolute Gasteiger partial charge is 0.339 e. The standard InChI is InChI=1S/C17H19NO4S/c1-3-5-14(19)18-16-15(17(20)21)13(10-23-16)11-6-8-12(9-7-11)22-4-2/h6-10H,3-5H2,1-2H3,(H,18,19)(H,20,21). The van der Waals surface area contributed by atoms with E-state index in [9.17, 15) is 14.7 Å². The van der Waals surface area contributed by atoms with Crippen molar-refractivity contribution < 1.29 is 19.4 Å². The van der Waals surface area contributed by atoms with Crippen LogP contribution >= 0.6 is 11.3 Å². The van der Waals surface area contributed by atoms with E-state index in [1.807, 2.05) is 26.0 Å². The zero-order valence-corrected chi connectivity index (χ0v) is 13.9. The fourth-order valence-electron chi connectivity index (χ4n) is 2.19. The third-order valence-electron chi connectivity index (χ3n) is 3.21. The van der Waals surface area contributed by atoms with E-state index in [0.717, 1.165) is 11.3 Å². The molecule has 0 spiro atoms. The first-order valence-electron chi connectivity index (χ1n) is 7.44. The summed E-state index contributed by atoms with van der Waals surface area (Å²) >= 11 is 1.22. The molecule has 1 amide bonds. The van der Waals surface area contributed by atoms with Crippen LogP contribution in [0, 0.1) is 0 Å². The lowest BCUT2D eigenvalue weighted by Crippen LogP contribution is -2.12. The summed E-state index contributed by atoms with van der Waals surface area (Å²) in [4.78, 5) is 23.4. The van der Waals surface area contributed by atoms with E-state index in [1.165, 1.54) is 11.3 Å². The lowest BCUT2D eigenvalue weighted by atomic mass is 10.0. The van der Waals surface area contributed by atoms with E-state index in [1.54, 1.807) is 17.5 Å². The maximum absolute atomic E-state index is 11.7. The third kappa shape index (κ3) is 4.10. The van der Waals surface area contributed by atoms with Crippen molar-refractivity contribution in [3.8, 4) is 16.9 Å². The van der Waals surface area contributed by atoms with Crippen LogP contribution in [0.15, 0.2) is 29.6 Å². The van der Waals surface area contributed by atoms with Gasteiger partial charge < -0.3 is 15.2 Å². The number of amides is 1. The molecule has 6 heteroatoms. The fourth-order valence-corrected chi connectivity index (χ4v) is 3.17. The molecule has 23 heavy (non-hydrogen) atoms. The second-order valence-electron chi connectivity index (χ2n) is 4.91. The fraction of sp³-hybridized carbons (Fsp3) is 0.294. The van der Waals surface area contributed by atoms with E-state index in [4.69, 9.17) is 4.74 Å². The van der Waals surface area contributed by atoms with Crippen molar-refractivity contribution in [3.63, 3.8) is 0 Å². The summed E-state index contributed by atoms with van der Waals surface area (Å²) in [7, 11) is 0. The van der Waals surface area contributed by atoms with Gasteiger partial charge in [-0.05, 0) is 31.0 Å². The van der Waals surface area contributed by atoms with Crippen molar-refractivity contribution in [1.29, 1.82) is 0 Å². The lowest BCUT2D eigenvalue weighted by Gasteiger charge is -2.07. The number of nitrogens with one attached hydrogen (secondary N) is 1. The molecule has 0 aliphatic rings. The number of ether oxygens (including phenoxy) is 1. The monoisotopic (exact) mass is 333 g/mol. The summed E-state index contributed by atoms with van der Waals surface area (Å²) in [6.45, 7) is 4.38. The van der Waals surface area contributed by atoms with Gasteiger partial charge in [0, 0.05) is 17.4 Å². The van der Waals surface area contributed by atoms with Gasteiger partial charge in [0.2, 0.25) is 5.91 Å². The average Bonchev–Trinajstić information content (AvgIpc) is 2.92. The normalized spacial score (nSPS) is 10.3. The van der Waals surface area contributed by atoms with Crippen molar-refractivity contribution in [3.05, 3.63) is 35.2 Å². The van der Waals surface area contributed by atoms with Gasteiger partial charge in [0.1, 0.15) is 16.3 Å². The van der Waals surface area contributed by atoms with Crippen LogP contribution in [0.25, 0.3) is 11.1 Å². The molecule has 0 atom stereocenters. The molecular formula is C17H19NO4S. The van der Waals surface area contributed by atoms with Gasteiger partial charge in [-0.25, -0.2) is 4.79 Å². The Balaban J connectivity index is 2.33. The second kappa shape index (κ2) is 7.78. The number of benzene rings is 1. The number of carbonyl (C=O) groups is 2. The Labute approximate surface area is 138 Å². The number of hydrogen-bond donors (Lipinski definition) is 2. The van der Waals surface area contributed by atoms with Crippen molar-refractivity contribution in [1.82, 2.24) is 0 Å². The maximum atomic E-state index is 11.7. The first-order valence-corrected chi connectivity index (χ1v) is 8.32. The van der Waals surface area contributed by atoms with E-state index in [0.29, 0.717) is 30.0 Å². The van der Waals surface area contributed by atoms with E-state index in [-0.39, 0.29) is 11.5 Å². The zero-order valence-electron chi connectivity index (χ0n) is 13.1. The maximum Gasteiger partial charge on any atom is 0.339 e. The first-order chi connectivity index (χ1) is 11.1. The molecule has 0 radical (unpaired) electrons. The predicted molar refractivity (Wildman–Crippen MR) is 91.4 cm³/mol. The summed E-state index contributed by atoms with van der Waals surface area (Å²) in [6, 6.07) is 7.24. The molecule has 0 fully saturated rings. The van der Waals surface area contributed by atoms with E-state index >= 15 is 0 Å². The number of hydrogen-bond acceptors (Lipinski definition) is 4. The minimum atomic E-state index is -1.05. The Morgan fingerprint density at radius 1 is 1.22 bits per heavy atom. The van der Waals surface area contributed by atoms with Gasteiger partial charge in [0.05, 0.1) is 6.61 Å². The molecule has 1 aromatic carbocycles. The van der Waals surface area contributed by atoms with Gasteiger partial charge in [-0.15, -0.1) is 11.3 Å². The van der Waals surface area contributed by atoms with Crippen molar-refractivity contribution in [2.75, 3.05) is 11.9 Å². The molecule has 0 aliphatic carbocycles. The summed E-state index contributed by atoms with van der Waals surface area (Å²) in [5.41, 5.74) is 1.50. The van der Waals surface area contributed by atoms with Crippen LogP contribution in [0.4, 0.5) is 5.00 Å². The highest BCUT2D eigenvalue weighted by atomic mass is 32.1. The summed E-state index contributed by atoms with van der Waals surface area (Å²) in [5.74, 6) is -0.489. The number of anilines is 1. The third-order valence-corrected chi connectivity index (χ3v) is 4.11. The predicted octanol–water partition coefficient (Wildman–Crippen LogP) is 4.25. The van der Waals surface area contributed by atoms with Gasteiger partial charge in [-0.1, -0.05) is 19.1 Å². The Kier molecular flexibility index (Phi) is 5.76. The SMILES string of the molecule is CCCC(=O)Nc1scc(-c2ccc(OCC)cc2)c1C(=O)O. The molecule has 0 aliphatic heterocycles.